The van der Waals surface area contributed by atoms with E-state index in [-0.39, 0.29) is 48.8 Å². The van der Waals surface area contributed by atoms with Gasteiger partial charge in [0.15, 0.2) is 5.71 Å². The van der Waals surface area contributed by atoms with E-state index in [2.05, 4.69) is 59.8 Å². The molecule has 3 aliphatic rings. The van der Waals surface area contributed by atoms with Crippen LogP contribution in [0, 0.1) is 6.92 Å². The van der Waals surface area contributed by atoms with E-state index in [1.54, 1.807) is 13.2 Å². The minimum Gasteiger partial charge on any atom is -0.744 e. The zero-order valence-electron chi connectivity index (χ0n) is 82.9. The number of fused-ring (bicyclic) bond motifs is 4. The maximum absolute atomic E-state index is 12.9. The van der Waals surface area contributed by atoms with Crippen molar-refractivity contribution < 1.29 is 168 Å². The second-order valence-electron chi connectivity index (χ2n) is 33.0. The molecule has 3 aromatic rings. The molecule has 0 aromatic heterocycles. The number of methoxy groups -OCH3 is 1. The Hall–Kier alpha value is -6.45. The van der Waals surface area contributed by atoms with Crippen molar-refractivity contribution in [2.75, 3.05) is 342 Å². The fourth-order valence-electron chi connectivity index (χ4n) is 14.9. The summed E-state index contributed by atoms with van der Waals surface area (Å²) in [5.74, 6) is -1.93. The van der Waals surface area contributed by atoms with Crippen molar-refractivity contribution in [1.82, 2.24) is 10.4 Å². The van der Waals surface area contributed by atoms with Crippen LogP contribution in [0.3, 0.4) is 0 Å². The number of rotatable bonds is 93. The molecular weight excluding hydrogens is 1870 g/mol. The van der Waals surface area contributed by atoms with E-state index < -0.39 is 53.2 Å². The third-order valence-corrected chi connectivity index (χ3v) is 23.7. The number of ether oxygens (including phenoxy) is 24. The molecule has 39 nitrogen and oxygen atoms in total. The Morgan fingerprint density at radius 1 is 0.436 bits per heavy atom. The van der Waals surface area contributed by atoms with Crippen molar-refractivity contribution in [2.45, 2.75) is 146 Å². The number of amides is 3. The van der Waals surface area contributed by atoms with E-state index in [1.807, 2.05) is 38.2 Å². The molecule has 0 saturated carbocycles. The molecule has 3 heterocycles. The van der Waals surface area contributed by atoms with Crippen molar-refractivity contribution in [3.63, 3.8) is 0 Å². The molecule has 140 heavy (non-hydrogen) atoms. The third-order valence-electron chi connectivity index (χ3n) is 22.0. The lowest BCUT2D eigenvalue weighted by Crippen LogP contribution is -2.32. The maximum atomic E-state index is 12.9. The number of imide groups is 1. The first-order valence-electron chi connectivity index (χ1n) is 48.9. The number of nitrogens with one attached hydrogen (secondary N) is 1. The molecule has 0 spiro atoms. The highest BCUT2D eigenvalue weighted by Crippen LogP contribution is 2.54. The van der Waals surface area contributed by atoms with Gasteiger partial charge in [0.1, 0.15) is 26.8 Å². The van der Waals surface area contributed by atoms with Crippen molar-refractivity contribution in [3.05, 3.63) is 95.2 Å². The molecule has 3 aliphatic heterocycles. The summed E-state index contributed by atoms with van der Waals surface area (Å²) in [6, 6.07) is 11.5. The Balaban J connectivity index is 0.0000346. The Bertz CT molecular complexity index is 4200. The number of aryl methyl sites for hydroxylation is 1. The maximum Gasteiger partial charge on any atom is 0.333 e. The largest absolute Gasteiger partial charge is 0.744 e. The second-order valence-corrected chi connectivity index (χ2v) is 35.8. The molecule has 0 bridgehead atoms. The zero-order valence-corrected chi connectivity index (χ0v) is 84.6. The number of hydrogen-bond donors (Lipinski definition) is 1. The Morgan fingerprint density at radius 2 is 0.814 bits per heavy atom. The first-order chi connectivity index (χ1) is 67.6. The summed E-state index contributed by atoms with van der Waals surface area (Å²) in [6.07, 6.45) is 15.8. The summed E-state index contributed by atoms with van der Waals surface area (Å²) in [7, 11) is -8.88. The van der Waals surface area contributed by atoms with Gasteiger partial charge < -0.3 is 138 Å². The molecule has 1 atom stereocenters. The second kappa shape index (κ2) is 77.0. The number of unbranched alkanes of at least 4 members (excludes halogenated alkanes) is 5. The molecule has 800 valence electrons. The van der Waals surface area contributed by atoms with Crippen LogP contribution in [0.5, 0.6) is 0 Å². The van der Waals surface area contributed by atoms with Gasteiger partial charge in [-0.25, -0.2) is 21.6 Å². The highest BCUT2D eigenvalue weighted by molar-refractivity contribution is 7.86. The number of nitrogens with zero attached hydrogens (tertiary/aromatic N) is 3. The molecule has 1 unspecified atom stereocenters. The van der Waals surface area contributed by atoms with Crippen LogP contribution in [0.1, 0.15) is 135 Å². The van der Waals surface area contributed by atoms with E-state index in [9.17, 15) is 45.1 Å². The van der Waals surface area contributed by atoms with E-state index in [4.69, 9.17) is 119 Å². The molecular formula is C99H161N4O35S2-. The topological polar surface area (TPSA) is 435 Å². The van der Waals surface area contributed by atoms with Crippen LogP contribution in [0.25, 0.3) is 10.8 Å². The number of allylic oxidation sites excluding steroid dienone is 6. The Kier molecular flexibility index (Phi) is 68.2. The summed E-state index contributed by atoms with van der Waals surface area (Å²) in [6.45, 7) is 34.1. The van der Waals surface area contributed by atoms with E-state index >= 15 is 0 Å². The Morgan fingerprint density at radius 3 is 1.19 bits per heavy atom. The fourth-order valence-corrected chi connectivity index (χ4v) is 16.3. The van der Waals surface area contributed by atoms with Gasteiger partial charge in [-0.15, -0.1) is 5.06 Å². The van der Waals surface area contributed by atoms with Gasteiger partial charge in [0.05, 0.1) is 326 Å². The molecule has 1 saturated heterocycles. The van der Waals surface area contributed by atoms with Gasteiger partial charge in [-0.2, -0.15) is 4.58 Å². The van der Waals surface area contributed by atoms with E-state index in [0.29, 0.717) is 385 Å². The van der Waals surface area contributed by atoms with Crippen molar-refractivity contribution in [2.24, 2.45) is 0 Å². The number of carbonyl (C=O) groups is 4. The van der Waals surface area contributed by atoms with Gasteiger partial charge in [0.25, 0.3) is 11.8 Å². The van der Waals surface area contributed by atoms with E-state index in [0.717, 1.165) is 61.0 Å². The third kappa shape index (κ3) is 52.0. The Labute approximate surface area is 829 Å². The van der Waals surface area contributed by atoms with Crippen molar-refractivity contribution in [3.8, 4) is 0 Å². The van der Waals surface area contributed by atoms with Crippen LogP contribution in [0.2, 0.25) is 0 Å². The van der Waals surface area contributed by atoms with Crippen LogP contribution in [-0.4, -0.2) is 402 Å². The van der Waals surface area contributed by atoms with Crippen LogP contribution in [0.4, 0.5) is 11.4 Å². The molecule has 0 radical (unpaired) electrons. The average molecular weight is 2030 g/mol. The monoisotopic (exact) mass is 2030 g/mol. The lowest BCUT2D eigenvalue weighted by Gasteiger charge is -2.31. The molecule has 1 fully saturated rings. The van der Waals surface area contributed by atoms with Gasteiger partial charge in [-0.1, -0.05) is 69.5 Å². The molecule has 3 amide bonds. The molecule has 1 N–H and O–H groups in total. The highest BCUT2D eigenvalue weighted by atomic mass is 32.2. The standard InChI is InChI=1S/C98H158N4O35S2.CH4/c1-7-8-30-101-88-25-23-84-85(80-83(138(107,108)109)81-89(84)139(110,111)112)96(88)98(5,28-16-10-15-21-95(106)137-102-93(104)26-27-94(102)105)91(101)19-13-9-12-18-90-97(3,4)86-79-82(2)22-24-87(86)100(90)31-17-11-14-20-92(103)99-29-32-114-35-36-116-39-40-118-43-44-120-47-48-122-51-52-124-55-56-126-59-60-128-63-64-130-67-68-132-71-72-134-75-76-136-78-77-135-74-73-133-70-69-131-66-65-129-62-61-127-58-57-125-54-53-123-50-49-121-46-45-119-42-41-117-38-37-115-34-33-113-6;/h9,12-13,18-19,22-25,79-81H,7-8,10-11,14-17,20-21,26-78H2,1-6H3,(H2-,99,103,107,108,109,110,111,112);1H4/p-1. The number of benzene rings is 3. The normalized spacial score (nSPS) is 15.2. The number of hydrogen-bond acceptors (Lipinski definition) is 36. The van der Waals surface area contributed by atoms with Crippen LogP contribution in [-0.2, 0) is 169 Å². The highest BCUT2D eigenvalue weighted by Gasteiger charge is 2.46. The summed E-state index contributed by atoms with van der Waals surface area (Å²) >= 11 is 0. The summed E-state index contributed by atoms with van der Waals surface area (Å²) in [5, 5.41) is 3.59. The first-order valence-corrected chi connectivity index (χ1v) is 51.7. The molecule has 0 aliphatic carbocycles. The van der Waals surface area contributed by atoms with Gasteiger partial charge >= 0.3 is 5.97 Å². The SMILES string of the molecule is C.CCCCN1C(=CC=CC=CC2=[N+](CCCCCC(=O)NCCOCCOCCOCCOCCOCCOCCOCCOCCOCCOCCOCCOCCOCCOCCOCCOCCOCCOCCOCCOCCOCCOCCOCCOC)c3ccc(C)cc3C2(C)C)C(C)(CCCCCC(=O)ON2C(=O)CCC2=O)c2c1ccc1c(S(=O)(=O)[O-])cc(S(=O)(=O)[O-])cc21. The van der Waals surface area contributed by atoms with Crippen LogP contribution in [0.15, 0.2) is 88.3 Å². The van der Waals surface area contributed by atoms with Crippen LogP contribution >= 0.6 is 0 Å². The number of hydroxylamine groups is 2. The zero-order chi connectivity index (χ0) is 99.8. The first kappa shape index (κ1) is 124. The van der Waals surface area contributed by atoms with Gasteiger partial charge in [0.2, 0.25) is 11.6 Å². The van der Waals surface area contributed by atoms with Crippen molar-refractivity contribution in [1.29, 1.82) is 0 Å². The number of anilines is 1. The summed E-state index contributed by atoms with van der Waals surface area (Å²) < 4.78 is 211. The quantitative estimate of drug-likeness (QED) is 0.0181. The van der Waals surface area contributed by atoms with Gasteiger partial charge in [-0.05, 0) is 106 Å². The lowest BCUT2D eigenvalue weighted by molar-refractivity contribution is -0.438. The van der Waals surface area contributed by atoms with E-state index in [1.165, 1.54) is 11.6 Å². The summed E-state index contributed by atoms with van der Waals surface area (Å²) in [5.41, 5.74) is 5.22. The van der Waals surface area contributed by atoms with Gasteiger partial charge in [0, 0.05) is 86.8 Å². The molecule has 3 aromatic carbocycles. The van der Waals surface area contributed by atoms with Crippen molar-refractivity contribution >= 4 is 71.8 Å². The minimum atomic E-state index is -5.28. The van der Waals surface area contributed by atoms with Crippen LogP contribution < -0.4 is 10.2 Å². The smallest absolute Gasteiger partial charge is 0.333 e. The lowest BCUT2D eigenvalue weighted by atomic mass is 9.75. The predicted molar refractivity (Wildman–Crippen MR) is 519 cm³/mol. The molecule has 41 heteroatoms. The fraction of sp³-hybridized carbons (Fsp3) is 0.727. The van der Waals surface area contributed by atoms with Gasteiger partial charge in [-0.3, -0.25) is 14.4 Å². The number of carbonyl (C=O) groups excluding carboxylic acids is 4. The average Bonchev–Trinajstić information content (AvgIpc) is 1.55. The molecule has 6 rings (SSSR count). The minimum absolute atomic E-state index is 0. The predicted octanol–water partition coefficient (Wildman–Crippen LogP) is 8.81. The summed E-state index contributed by atoms with van der Waals surface area (Å²) in [4.78, 5) is 55.4.